The fraction of sp³-hybridized carbons (Fsp3) is 0.571. The van der Waals surface area contributed by atoms with Crippen LogP contribution in [0.4, 0.5) is 0 Å². The Balaban J connectivity index is 2.38. The molecule has 0 N–H and O–H groups in total. The third kappa shape index (κ3) is 4.55. The van der Waals surface area contributed by atoms with Gasteiger partial charge in [-0.1, -0.05) is 13.0 Å². The van der Waals surface area contributed by atoms with Gasteiger partial charge in [-0.15, -0.1) is 0 Å². The number of carbonyl (C=O) groups excluding carboxylic acids is 1. The summed E-state index contributed by atoms with van der Waals surface area (Å²) < 4.78 is 5.19. The van der Waals surface area contributed by atoms with Crippen molar-refractivity contribution in [3.8, 4) is 0 Å². The highest BCUT2D eigenvalue weighted by molar-refractivity contribution is 5.75. The third-order valence-electron chi connectivity index (χ3n) is 2.50. The molecule has 1 aromatic rings. The minimum atomic E-state index is -0.431. The van der Waals surface area contributed by atoms with E-state index in [4.69, 9.17) is 4.74 Å². The lowest BCUT2D eigenvalue weighted by Gasteiger charge is -2.16. The van der Waals surface area contributed by atoms with Gasteiger partial charge >= 0.3 is 5.97 Å². The predicted octanol–water partition coefficient (Wildman–Crippen LogP) is 2.78. The second-order valence-corrected chi connectivity index (χ2v) is 5.15. The maximum Gasteiger partial charge on any atom is 0.311 e. The molecule has 0 saturated carbocycles. The van der Waals surface area contributed by atoms with Gasteiger partial charge in [-0.25, -0.2) is 0 Å². The van der Waals surface area contributed by atoms with Crippen LogP contribution in [0.5, 0.6) is 0 Å². The largest absolute Gasteiger partial charge is 0.465 e. The van der Waals surface area contributed by atoms with E-state index >= 15 is 0 Å². The molecule has 0 aliphatic rings. The van der Waals surface area contributed by atoms with E-state index in [1.807, 2.05) is 33.0 Å². The molecule has 0 fully saturated rings. The molecule has 0 atom stereocenters. The van der Waals surface area contributed by atoms with Gasteiger partial charge in [0.1, 0.15) is 0 Å². The molecule has 0 aliphatic heterocycles. The average Bonchev–Trinajstić information content (AvgIpc) is 2.28. The quantitative estimate of drug-likeness (QED) is 0.753. The van der Waals surface area contributed by atoms with Gasteiger partial charge in [0.15, 0.2) is 0 Å². The van der Waals surface area contributed by atoms with Gasteiger partial charge in [-0.2, -0.15) is 0 Å². The number of rotatable bonds is 4. The number of esters is 1. The molecular formula is C14H21NO2. The van der Waals surface area contributed by atoms with Crippen LogP contribution in [0.25, 0.3) is 0 Å². The molecule has 3 heteroatoms. The first-order valence-corrected chi connectivity index (χ1v) is 6.04. The van der Waals surface area contributed by atoms with Crippen LogP contribution in [-0.4, -0.2) is 17.6 Å². The van der Waals surface area contributed by atoms with Crippen LogP contribution >= 0.6 is 0 Å². The highest BCUT2D eigenvalue weighted by atomic mass is 16.5. The summed E-state index contributed by atoms with van der Waals surface area (Å²) >= 11 is 0. The summed E-state index contributed by atoms with van der Waals surface area (Å²) in [6.07, 6.45) is 3.54. The van der Waals surface area contributed by atoms with E-state index in [-0.39, 0.29) is 5.97 Å². The number of aryl methyl sites for hydroxylation is 1. The van der Waals surface area contributed by atoms with Crippen LogP contribution in [0.3, 0.4) is 0 Å². The van der Waals surface area contributed by atoms with Gasteiger partial charge in [-0.05, 0) is 38.8 Å². The average molecular weight is 235 g/mol. The molecule has 1 rings (SSSR count). The maximum absolute atomic E-state index is 11.5. The zero-order chi connectivity index (χ0) is 12.9. The third-order valence-corrected chi connectivity index (χ3v) is 2.50. The molecule has 0 amide bonds. The number of aromatic nitrogens is 1. The summed E-state index contributed by atoms with van der Waals surface area (Å²) in [6.45, 7) is 8.05. The lowest BCUT2D eigenvalue weighted by Crippen LogP contribution is -2.23. The monoisotopic (exact) mass is 235 g/mol. The molecule has 1 aromatic heterocycles. The number of hydrogen-bond donors (Lipinski definition) is 0. The van der Waals surface area contributed by atoms with Crippen LogP contribution in [0.15, 0.2) is 18.3 Å². The second-order valence-electron chi connectivity index (χ2n) is 5.15. The first kappa shape index (κ1) is 13.7. The Kier molecular flexibility index (Phi) is 4.67. The Hall–Kier alpha value is -1.38. The SMILES string of the molecule is CCc1ccc(CCOC(=O)C(C)(C)C)nc1. The lowest BCUT2D eigenvalue weighted by molar-refractivity contribution is -0.152. The van der Waals surface area contributed by atoms with Gasteiger partial charge < -0.3 is 4.74 Å². The molecule has 17 heavy (non-hydrogen) atoms. The smallest absolute Gasteiger partial charge is 0.311 e. The fourth-order valence-electron chi connectivity index (χ4n) is 1.28. The summed E-state index contributed by atoms with van der Waals surface area (Å²) in [5.74, 6) is -0.164. The summed E-state index contributed by atoms with van der Waals surface area (Å²) in [7, 11) is 0. The number of pyridine rings is 1. The molecular weight excluding hydrogens is 214 g/mol. The van der Waals surface area contributed by atoms with Crippen LogP contribution in [-0.2, 0) is 22.4 Å². The Morgan fingerprint density at radius 1 is 1.35 bits per heavy atom. The molecule has 94 valence electrons. The van der Waals surface area contributed by atoms with Crippen molar-refractivity contribution in [2.24, 2.45) is 5.41 Å². The first-order valence-electron chi connectivity index (χ1n) is 6.04. The fourth-order valence-corrected chi connectivity index (χ4v) is 1.28. The van der Waals surface area contributed by atoms with Crippen LogP contribution in [0.1, 0.15) is 39.0 Å². The van der Waals surface area contributed by atoms with Crippen molar-refractivity contribution in [3.05, 3.63) is 29.6 Å². The number of carbonyl (C=O) groups is 1. The van der Waals surface area contributed by atoms with E-state index < -0.39 is 5.41 Å². The minimum absolute atomic E-state index is 0.164. The number of ether oxygens (including phenoxy) is 1. The number of nitrogens with zero attached hydrogens (tertiary/aromatic N) is 1. The van der Waals surface area contributed by atoms with Gasteiger partial charge in [-0.3, -0.25) is 9.78 Å². The first-order chi connectivity index (χ1) is 7.93. The Labute approximate surface area is 103 Å². The maximum atomic E-state index is 11.5. The molecule has 0 unspecified atom stereocenters. The zero-order valence-corrected chi connectivity index (χ0v) is 11.1. The van der Waals surface area contributed by atoms with E-state index in [2.05, 4.69) is 18.0 Å². The van der Waals surface area contributed by atoms with E-state index in [0.29, 0.717) is 13.0 Å². The summed E-state index contributed by atoms with van der Waals surface area (Å²) in [6, 6.07) is 4.05. The number of hydrogen-bond acceptors (Lipinski definition) is 3. The van der Waals surface area contributed by atoms with Gasteiger partial charge in [0.25, 0.3) is 0 Å². The normalized spacial score (nSPS) is 11.3. The standard InChI is InChI=1S/C14H21NO2/c1-5-11-6-7-12(15-10-11)8-9-17-13(16)14(2,3)4/h6-7,10H,5,8-9H2,1-4H3. The zero-order valence-electron chi connectivity index (χ0n) is 11.1. The molecule has 0 saturated heterocycles. The van der Waals surface area contributed by atoms with Crippen molar-refractivity contribution in [3.63, 3.8) is 0 Å². The van der Waals surface area contributed by atoms with Crippen molar-refractivity contribution < 1.29 is 9.53 Å². The van der Waals surface area contributed by atoms with E-state index in [1.54, 1.807) is 0 Å². The van der Waals surface area contributed by atoms with Gasteiger partial charge in [0.2, 0.25) is 0 Å². The van der Waals surface area contributed by atoms with E-state index in [1.165, 1.54) is 5.56 Å². The van der Waals surface area contributed by atoms with Crippen molar-refractivity contribution in [1.82, 2.24) is 4.98 Å². The summed E-state index contributed by atoms with van der Waals surface area (Å²) in [5.41, 5.74) is 1.75. The molecule has 0 bridgehead atoms. The lowest BCUT2D eigenvalue weighted by atomic mass is 9.97. The van der Waals surface area contributed by atoms with Gasteiger partial charge in [0, 0.05) is 18.3 Å². The van der Waals surface area contributed by atoms with Crippen LogP contribution in [0, 0.1) is 5.41 Å². The predicted molar refractivity (Wildman–Crippen MR) is 67.7 cm³/mol. The molecule has 0 spiro atoms. The summed E-state index contributed by atoms with van der Waals surface area (Å²) in [4.78, 5) is 15.8. The van der Waals surface area contributed by atoms with Crippen molar-refractivity contribution >= 4 is 5.97 Å². The van der Waals surface area contributed by atoms with Crippen LogP contribution in [0.2, 0.25) is 0 Å². The molecule has 3 nitrogen and oxygen atoms in total. The van der Waals surface area contributed by atoms with Crippen molar-refractivity contribution in [2.75, 3.05) is 6.61 Å². The second kappa shape index (κ2) is 5.80. The highest BCUT2D eigenvalue weighted by Gasteiger charge is 2.22. The van der Waals surface area contributed by atoms with E-state index in [0.717, 1.165) is 12.1 Å². The Morgan fingerprint density at radius 3 is 2.53 bits per heavy atom. The Morgan fingerprint density at radius 2 is 2.06 bits per heavy atom. The topological polar surface area (TPSA) is 39.2 Å². The summed E-state index contributed by atoms with van der Waals surface area (Å²) in [5, 5.41) is 0. The molecule has 0 aliphatic carbocycles. The van der Waals surface area contributed by atoms with Crippen molar-refractivity contribution in [1.29, 1.82) is 0 Å². The molecule has 1 heterocycles. The molecule has 0 aromatic carbocycles. The van der Waals surface area contributed by atoms with E-state index in [9.17, 15) is 4.79 Å². The Bertz CT molecular complexity index is 363. The molecule has 0 radical (unpaired) electrons. The minimum Gasteiger partial charge on any atom is -0.465 e. The van der Waals surface area contributed by atoms with Crippen molar-refractivity contribution in [2.45, 2.75) is 40.5 Å². The highest BCUT2D eigenvalue weighted by Crippen LogP contribution is 2.15. The van der Waals surface area contributed by atoms with Crippen LogP contribution < -0.4 is 0 Å². The van der Waals surface area contributed by atoms with Gasteiger partial charge in [0.05, 0.1) is 12.0 Å².